The van der Waals surface area contributed by atoms with E-state index in [0.29, 0.717) is 46.3 Å². The fourth-order valence-corrected chi connectivity index (χ4v) is 3.59. The molecule has 0 unspecified atom stereocenters. The van der Waals surface area contributed by atoms with E-state index in [0.717, 1.165) is 16.2 Å². The molecule has 0 saturated carbocycles. The maximum atomic E-state index is 12.4. The van der Waals surface area contributed by atoms with Gasteiger partial charge in [0, 0.05) is 16.2 Å². The van der Waals surface area contributed by atoms with Gasteiger partial charge >= 0.3 is 5.97 Å². The molecule has 2 aliphatic heterocycles. The van der Waals surface area contributed by atoms with Crippen molar-refractivity contribution in [2.75, 3.05) is 20.5 Å². The summed E-state index contributed by atoms with van der Waals surface area (Å²) in [6.45, 7) is 2.44. The van der Waals surface area contributed by atoms with Gasteiger partial charge < -0.3 is 23.7 Å². The van der Waals surface area contributed by atoms with Crippen molar-refractivity contribution in [3.05, 3.63) is 29.8 Å². The molecular formula is C19H14O6. The highest BCUT2D eigenvalue weighted by Crippen LogP contribution is 2.55. The number of hydrogen-bond acceptors (Lipinski definition) is 6. The Morgan fingerprint density at radius 2 is 2.00 bits per heavy atom. The molecule has 2 aliphatic rings. The first-order chi connectivity index (χ1) is 12.2. The third-order valence-corrected chi connectivity index (χ3v) is 4.54. The molecule has 0 N–H and O–H groups in total. The number of carbonyl (C=O) groups excluding carboxylic acids is 1. The zero-order chi connectivity index (χ0) is 17.1. The van der Waals surface area contributed by atoms with Gasteiger partial charge in [0.15, 0.2) is 23.0 Å². The lowest BCUT2D eigenvalue weighted by molar-refractivity contribution is 0.0748. The largest absolute Gasteiger partial charge is 0.496 e. The van der Waals surface area contributed by atoms with Crippen LogP contribution in [0.25, 0.3) is 21.5 Å². The number of ether oxygens (including phenoxy) is 5. The molecule has 0 saturated heterocycles. The normalized spacial score (nSPS) is 14.2. The van der Waals surface area contributed by atoms with Crippen molar-refractivity contribution in [1.82, 2.24) is 0 Å². The van der Waals surface area contributed by atoms with Gasteiger partial charge in [0.1, 0.15) is 5.75 Å². The Morgan fingerprint density at radius 1 is 1.12 bits per heavy atom. The lowest BCUT2D eigenvalue weighted by atomic mass is 9.96. The SMILES string of the molecule is CCOc1c2c3c(cc4c(c3c3cccc(OC)c13)OCO4)C(=O)O2. The number of carbonyl (C=O) groups is 1. The standard InChI is InChI=1S/C19H14O6/c1-3-22-17-13-9(5-4-6-11(13)21-2)14-15-10(19(20)25-18(15)17)7-12-16(14)24-8-23-12/h4-7H,3,8H2,1-2H3. The number of esters is 1. The predicted molar refractivity (Wildman–Crippen MR) is 90.3 cm³/mol. The highest BCUT2D eigenvalue weighted by Gasteiger charge is 2.35. The molecule has 25 heavy (non-hydrogen) atoms. The van der Waals surface area contributed by atoms with Gasteiger partial charge in [-0.3, -0.25) is 0 Å². The van der Waals surface area contributed by atoms with Crippen molar-refractivity contribution in [2.45, 2.75) is 6.92 Å². The quantitative estimate of drug-likeness (QED) is 0.412. The fourth-order valence-electron chi connectivity index (χ4n) is 3.59. The van der Waals surface area contributed by atoms with Crippen LogP contribution in [-0.4, -0.2) is 26.5 Å². The Labute approximate surface area is 142 Å². The summed E-state index contributed by atoms with van der Waals surface area (Å²) in [6.07, 6.45) is 0. The van der Waals surface area contributed by atoms with Gasteiger partial charge in [-0.2, -0.15) is 0 Å². The third-order valence-electron chi connectivity index (χ3n) is 4.54. The van der Waals surface area contributed by atoms with Crippen molar-refractivity contribution >= 4 is 27.5 Å². The van der Waals surface area contributed by atoms with E-state index in [9.17, 15) is 4.79 Å². The van der Waals surface area contributed by atoms with Gasteiger partial charge in [0.2, 0.25) is 6.79 Å². The lowest BCUT2D eigenvalue weighted by Crippen LogP contribution is -2.02. The smallest absolute Gasteiger partial charge is 0.344 e. The number of fused-ring (bicyclic) bond motifs is 4. The van der Waals surface area contributed by atoms with Crippen LogP contribution in [0.3, 0.4) is 0 Å². The van der Waals surface area contributed by atoms with Crippen LogP contribution in [0.5, 0.6) is 28.7 Å². The van der Waals surface area contributed by atoms with E-state index in [1.54, 1.807) is 13.2 Å². The third kappa shape index (κ3) is 1.71. The number of rotatable bonds is 3. The summed E-state index contributed by atoms with van der Waals surface area (Å²) < 4.78 is 28.2. The van der Waals surface area contributed by atoms with Gasteiger partial charge in [-0.25, -0.2) is 4.79 Å². The van der Waals surface area contributed by atoms with Crippen molar-refractivity contribution in [2.24, 2.45) is 0 Å². The summed E-state index contributed by atoms with van der Waals surface area (Å²) in [5, 5.41) is 3.09. The van der Waals surface area contributed by atoms with Crippen molar-refractivity contribution < 1.29 is 28.5 Å². The summed E-state index contributed by atoms with van der Waals surface area (Å²) >= 11 is 0. The van der Waals surface area contributed by atoms with Crippen LogP contribution in [-0.2, 0) is 0 Å². The van der Waals surface area contributed by atoms with Crippen LogP contribution in [0.1, 0.15) is 17.3 Å². The van der Waals surface area contributed by atoms with Crippen LogP contribution >= 0.6 is 0 Å². The van der Waals surface area contributed by atoms with E-state index in [-0.39, 0.29) is 6.79 Å². The van der Waals surface area contributed by atoms with Gasteiger partial charge in [-0.15, -0.1) is 0 Å². The first kappa shape index (κ1) is 14.2. The minimum Gasteiger partial charge on any atom is -0.496 e. The molecule has 0 amide bonds. The highest BCUT2D eigenvalue weighted by atomic mass is 16.7. The molecular weight excluding hydrogens is 324 g/mol. The Kier molecular flexibility index (Phi) is 2.80. The van der Waals surface area contributed by atoms with Gasteiger partial charge in [0.05, 0.1) is 24.7 Å². The Morgan fingerprint density at radius 3 is 2.80 bits per heavy atom. The molecule has 126 valence electrons. The van der Waals surface area contributed by atoms with Crippen LogP contribution in [0.2, 0.25) is 0 Å². The van der Waals surface area contributed by atoms with Gasteiger partial charge in [-0.05, 0) is 19.1 Å². The zero-order valence-electron chi connectivity index (χ0n) is 13.7. The number of hydrogen-bond donors (Lipinski definition) is 0. The molecule has 0 atom stereocenters. The van der Waals surface area contributed by atoms with E-state index in [1.165, 1.54) is 0 Å². The first-order valence-electron chi connectivity index (χ1n) is 7.98. The maximum absolute atomic E-state index is 12.4. The van der Waals surface area contributed by atoms with Crippen LogP contribution < -0.4 is 23.7 Å². The van der Waals surface area contributed by atoms with E-state index in [4.69, 9.17) is 23.7 Å². The Balaban J connectivity index is 2.07. The average Bonchev–Trinajstić information content (AvgIpc) is 3.22. The lowest BCUT2D eigenvalue weighted by Gasteiger charge is -2.16. The zero-order valence-corrected chi connectivity index (χ0v) is 13.7. The molecule has 2 heterocycles. The minimum absolute atomic E-state index is 0.122. The minimum atomic E-state index is -0.423. The monoisotopic (exact) mass is 338 g/mol. The second-order valence-corrected chi connectivity index (χ2v) is 5.77. The molecule has 6 heteroatoms. The summed E-state index contributed by atoms with van der Waals surface area (Å²) in [7, 11) is 1.60. The van der Waals surface area contributed by atoms with Crippen molar-refractivity contribution in [3.8, 4) is 28.7 Å². The Bertz CT molecular complexity index is 1070. The first-order valence-corrected chi connectivity index (χ1v) is 7.98. The molecule has 0 fully saturated rings. The Hall–Kier alpha value is -3.15. The van der Waals surface area contributed by atoms with E-state index in [2.05, 4.69) is 0 Å². The molecule has 0 aliphatic carbocycles. The summed E-state index contributed by atoms with van der Waals surface area (Å²) in [4.78, 5) is 12.4. The molecule has 0 aromatic heterocycles. The summed E-state index contributed by atoms with van der Waals surface area (Å²) in [5.74, 6) is 2.29. The highest BCUT2D eigenvalue weighted by molar-refractivity contribution is 6.26. The van der Waals surface area contributed by atoms with Crippen molar-refractivity contribution in [3.63, 3.8) is 0 Å². The molecule has 3 aromatic rings. The van der Waals surface area contributed by atoms with E-state index >= 15 is 0 Å². The van der Waals surface area contributed by atoms with Gasteiger partial charge in [-0.1, -0.05) is 12.1 Å². The molecule has 0 spiro atoms. The molecule has 0 radical (unpaired) electrons. The number of methoxy groups -OCH3 is 1. The fraction of sp³-hybridized carbons (Fsp3) is 0.211. The van der Waals surface area contributed by atoms with Gasteiger partial charge in [0.25, 0.3) is 0 Å². The van der Waals surface area contributed by atoms with E-state index < -0.39 is 5.97 Å². The summed E-state index contributed by atoms with van der Waals surface area (Å²) in [5.41, 5.74) is 0.458. The molecule has 5 rings (SSSR count). The van der Waals surface area contributed by atoms with Crippen LogP contribution in [0.15, 0.2) is 24.3 Å². The summed E-state index contributed by atoms with van der Waals surface area (Å²) in [6, 6.07) is 7.37. The van der Waals surface area contributed by atoms with Crippen LogP contribution in [0, 0.1) is 0 Å². The number of benzene rings is 3. The maximum Gasteiger partial charge on any atom is 0.344 e. The second kappa shape index (κ2) is 4.92. The average molecular weight is 338 g/mol. The van der Waals surface area contributed by atoms with Crippen molar-refractivity contribution in [1.29, 1.82) is 0 Å². The molecule has 3 aromatic carbocycles. The van der Waals surface area contributed by atoms with E-state index in [1.807, 2.05) is 25.1 Å². The second-order valence-electron chi connectivity index (χ2n) is 5.77. The topological polar surface area (TPSA) is 63.2 Å². The predicted octanol–water partition coefficient (Wildman–Crippen LogP) is 3.66. The molecule has 0 bridgehead atoms. The molecule has 6 nitrogen and oxygen atoms in total. The van der Waals surface area contributed by atoms with Crippen LogP contribution in [0.4, 0.5) is 0 Å².